The van der Waals surface area contributed by atoms with Gasteiger partial charge in [-0.25, -0.2) is 4.98 Å². The highest BCUT2D eigenvalue weighted by Gasteiger charge is 2.19. The van der Waals surface area contributed by atoms with Crippen molar-refractivity contribution in [1.82, 2.24) is 9.97 Å². The zero-order chi connectivity index (χ0) is 12.3. The number of hydrogen-bond acceptors (Lipinski definition) is 4. The second kappa shape index (κ2) is 5.34. The van der Waals surface area contributed by atoms with Gasteiger partial charge in [-0.1, -0.05) is 19.8 Å². The van der Waals surface area contributed by atoms with E-state index in [4.69, 9.17) is 0 Å². The van der Waals surface area contributed by atoms with Gasteiger partial charge in [-0.2, -0.15) is 4.98 Å². The fourth-order valence-electron chi connectivity index (χ4n) is 2.53. The Morgan fingerprint density at radius 3 is 2.82 bits per heavy atom. The second-order valence-corrected chi connectivity index (χ2v) is 5.08. The maximum Gasteiger partial charge on any atom is 0.224 e. The molecule has 0 bridgehead atoms. The fraction of sp³-hybridized carbons (Fsp3) is 0.692. The third-order valence-corrected chi connectivity index (χ3v) is 3.37. The van der Waals surface area contributed by atoms with Crippen molar-refractivity contribution in [2.45, 2.75) is 45.6 Å². The van der Waals surface area contributed by atoms with Crippen molar-refractivity contribution in [2.24, 2.45) is 5.92 Å². The summed E-state index contributed by atoms with van der Waals surface area (Å²) in [6.45, 7) is 4.33. The SMILES string of the molecule is CNc1nc(C)cc(NC2CCCC(C)C2)n1. The standard InChI is InChI=1S/C13H22N4/c1-9-5-4-6-11(7-9)16-12-8-10(2)15-13(14-3)17-12/h8-9,11H,4-7H2,1-3H3,(H2,14,15,16,17). The lowest BCUT2D eigenvalue weighted by Gasteiger charge is -2.28. The van der Waals surface area contributed by atoms with Gasteiger partial charge in [0.05, 0.1) is 0 Å². The number of aryl methyl sites for hydroxylation is 1. The molecule has 94 valence electrons. The highest BCUT2D eigenvalue weighted by Crippen LogP contribution is 2.26. The van der Waals surface area contributed by atoms with Crippen molar-refractivity contribution in [3.05, 3.63) is 11.8 Å². The molecule has 0 amide bonds. The van der Waals surface area contributed by atoms with Crippen LogP contribution in [0.2, 0.25) is 0 Å². The molecule has 4 nitrogen and oxygen atoms in total. The lowest BCUT2D eigenvalue weighted by Crippen LogP contribution is -2.26. The molecule has 1 fully saturated rings. The molecular weight excluding hydrogens is 212 g/mol. The van der Waals surface area contributed by atoms with Gasteiger partial charge in [0.25, 0.3) is 0 Å². The van der Waals surface area contributed by atoms with Crippen LogP contribution in [0.3, 0.4) is 0 Å². The van der Waals surface area contributed by atoms with Crippen LogP contribution in [-0.2, 0) is 0 Å². The Morgan fingerprint density at radius 2 is 2.12 bits per heavy atom. The zero-order valence-electron chi connectivity index (χ0n) is 11.0. The first-order valence-electron chi connectivity index (χ1n) is 6.47. The molecule has 4 heteroatoms. The zero-order valence-corrected chi connectivity index (χ0v) is 11.0. The first kappa shape index (κ1) is 12.1. The van der Waals surface area contributed by atoms with Gasteiger partial charge in [-0.3, -0.25) is 0 Å². The lowest BCUT2D eigenvalue weighted by molar-refractivity contribution is 0.358. The summed E-state index contributed by atoms with van der Waals surface area (Å²) < 4.78 is 0. The van der Waals surface area contributed by atoms with Crippen molar-refractivity contribution in [3.8, 4) is 0 Å². The highest BCUT2D eigenvalue weighted by molar-refractivity contribution is 5.42. The van der Waals surface area contributed by atoms with E-state index in [0.29, 0.717) is 12.0 Å². The molecule has 1 heterocycles. The van der Waals surface area contributed by atoms with Crippen LogP contribution in [0.1, 0.15) is 38.3 Å². The molecule has 1 aromatic rings. The summed E-state index contributed by atoms with van der Waals surface area (Å²) in [5.74, 6) is 2.46. The molecule has 0 saturated heterocycles. The van der Waals surface area contributed by atoms with Gasteiger partial charge < -0.3 is 10.6 Å². The summed E-state index contributed by atoms with van der Waals surface area (Å²) in [5.41, 5.74) is 0.996. The number of nitrogens with one attached hydrogen (secondary N) is 2. The quantitative estimate of drug-likeness (QED) is 0.844. The highest BCUT2D eigenvalue weighted by atomic mass is 15.1. The summed E-state index contributed by atoms with van der Waals surface area (Å²) in [5, 5.41) is 6.53. The van der Waals surface area contributed by atoms with E-state index in [0.717, 1.165) is 17.4 Å². The predicted octanol–water partition coefficient (Wildman–Crippen LogP) is 2.82. The normalized spacial score (nSPS) is 24.4. The van der Waals surface area contributed by atoms with E-state index in [1.165, 1.54) is 25.7 Å². The predicted molar refractivity (Wildman–Crippen MR) is 71.4 cm³/mol. The minimum absolute atomic E-state index is 0.567. The van der Waals surface area contributed by atoms with Crippen LogP contribution < -0.4 is 10.6 Å². The molecule has 0 radical (unpaired) electrons. The van der Waals surface area contributed by atoms with E-state index in [1.54, 1.807) is 0 Å². The maximum absolute atomic E-state index is 4.44. The van der Waals surface area contributed by atoms with Crippen LogP contribution in [0.5, 0.6) is 0 Å². The molecule has 2 N–H and O–H groups in total. The molecule has 1 aromatic heterocycles. The number of hydrogen-bond donors (Lipinski definition) is 2. The summed E-state index contributed by atoms with van der Waals surface area (Å²) in [4.78, 5) is 8.74. The van der Waals surface area contributed by atoms with Crippen molar-refractivity contribution >= 4 is 11.8 Å². The van der Waals surface area contributed by atoms with Gasteiger partial charge in [0.2, 0.25) is 5.95 Å². The van der Waals surface area contributed by atoms with Gasteiger partial charge in [0.1, 0.15) is 5.82 Å². The minimum atomic E-state index is 0.567. The maximum atomic E-state index is 4.44. The Balaban J connectivity index is 2.04. The molecule has 17 heavy (non-hydrogen) atoms. The Bertz CT molecular complexity index is 378. The van der Waals surface area contributed by atoms with Crippen LogP contribution in [0.15, 0.2) is 6.07 Å². The van der Waals surface area contributed by atoms with E-state index in [1.807, 2.05) is 20.0 Å². The van der Waals surface area contributed by atoms with Crippen molar-refractivity contribution in [1.29, 1.82) is 0 Å². The van der Waals surface area contributed by atoms with Crippen molar-refractivity contribution in [2.75, 3.05) is 17.7 Å². The third-order valence-electron chi connectivity index (χ3n) is 3.37. The van der Waals surface area contributed by atoms with Crippen LogP contribution in [-0.4, -0.2) is 23.1 Å². The van der Waals surface area contributed by atoms with Crippen LogP contribution in [0.25, 0.3) is 0 Å². The fourth-order valence-corrected chi connectivity index (χ4v) is 2.53. The summed E-state index contributed by atoms with van der Waals surface area (Å²) in [7, 11) is 1.85. The molecule has 1 saturated carbocycles. The summed E-state index contributed by atoms with van der Waals surface area (Å²) in [6, 6.07) is 2.58. The Morgan fingerprint density at radius 1 is 1.29 bits per heavy atom. The van der Waals surface area contributed by atoms with Crippen LogP contribution in [0.4, 0.5) is 11.8 Å². The van der Waals surface area contributed by atoms with Crippen molar-refractivity contribution < 1.29 is 0 Å². The Hall–Kier alpha value is -1.32. The molecule has 0 aliphatic heterocycles. The molecule has 0 aromatic carbocycles. The van der Waals surface area contributed by atoms with Gasteiger partial charge in [-0.05, 0) is 25.7 Å². The van der Waals surface area contributed by atoms with Crippen LogP contribution >= 0.6 is 0 Å². The van der Waals surface area contributed by atoms with Gasteiger partial charge in [-0.15, -0.1) is 0 Å². The molecule has 0 spiro atoms. The average molecular weight is 234 g/mol. The topological polar surface area (TPSA) is 49.8 Å². The summed E-state index contributed by atoms with van der Waals surface area (Å²) in [6.07, 6.45) is 5.19. The van der Waals surface area contributed by atoms with Gasteiger partial charge in [0.15, 0.2) is 0 Å². The number of aromatic nitrogens is 2. The summed E-state index contributed by atoms with van der Waals surface area (Å²) >= 11 is 0. The molecule has 2 rings (SSSR count). The van der Waals surface area contributed by atoms with Crippen LogP contribution in [0, 0.1) is 12.8 Å². The number of nitrogens with zero attached hydrogens (tertiary/aromatic N) is 2. The molecule has 1 aliphatic carbocycles. The number of rotatable bonds is 3. The van der Waals surface area contributed by atoms with Gasteiger partial charge >= 0.3 is 0 Å². The van der Waals surface area contributed by atoms with Gasteiger partial charge in [0, 0.05) is 24.8 Å². The second-order valence-electron chi connectivity index (χ2n) is 5.08. The molecule has 1 aliphatic rings. The van der Waals surface area contributed by atoms with E-state index in [9.17, 15) is 0 Å². The minimum Gasteiger partial charge on any atom is -0.367 e. The molecular formula is C13H22N4. The Kier molecular flexibility index (Phi) is 3.82. The third kappa shape index (κ3) is 3.32. The Labute approximate surface area is 103 Å². The van der Waals surface area contributed by atoms with E-state index < -0.39 is 0 Å². The van der Waals surface area contributed by atoms with E-state index >= 15 is 0 Å². The van der Waals surface area contributed by atoms with E-state index in [-0.39, 0.29) is 0 Å². The lowest BCUT2D eigenvalue weighted by atomic mass is 9.87. The first-order valence-corrected chi connectivity index (χ1v) is 6.47. The van der Waals surface area contributed by atoms with Crippen molar-refractivity contribution in [3.63, 3.8) is 0 Å². The molecule has 2 unspecified atom stereocenters. The first-order chi connectivity index (χ1) is 8.17. The van der Waals surface area contributed by atoms with E-state index in [2.05, 4.69) is 27.5 Å². The monoisotopic (exact) mass is 234 g/mol. The molecule has 2 atom stereocenters. The average Bonchev–Trinajstić information content (AvgIpc) is 2.28. The largest absolute Gasteiger partial charge is 0.367 e. The number of anilines is 2. The smallest absolute Gasteiger partial charge is 0.224 e.